The van der Waals surface area contributed by atoms with Crippen LogP contribution in [0.4, 0.5) is 5.82 Å². The molecule has 2 rings (SSSR count). The molecule has 0 aliphatic heterocycles. The summed E-state index contributed by atoms with van der Waals surface area (Å²) < 4.78 is 0. The molecular weight excluding hydrogens is 236 g/mol. The van der Waals surface area contributed by atoms with Gasteiger partial charge in [-0.1, -0.05) is 43.2 Å². The number of anilines is 1. The molecule has 3 N–H and O–H groups in total. The van der Waals surface area contributed by atoms with E-state index in [0.29, 0.717) is 5.82 Å². The summed E-state index contributed by atoms with van der Waals surface area (Å²) in [6.45, 7) is 4.22. The number of benzene rings is 1. The second-order valence-electron chi connectivity index (χ2n) is 4.72. The van der Waals surface area contributed by atoms with E-state index in [9.17, 15) is 0 Å². The number of hydrogen-bond donors (Lipinski definition) is 2. The molecule has 1 aromatic heterocycles. The van der Waals surface area contributed by atoms with Crippen LogP contribution in [0.5, 0.6) is 0 Å². The highest BCUT2D eigenvalue weighted by Gasteiger charge is 2.05. The van der Waals surface area contributed by atoms with Crippen LogP contribution in [0.3, 0.4) is 0 Å². The Morgan fingerprint density at radius 1 is 1.21 bits per heavy atom. The molecule has 0 fully saturated rings. The third-order valence-corrected chi connectivity index (χ3v) is 2.92. The predicted molar refractivity (Wildman–Crippen MR) is 77.8 cm³/mol. The topological polar surface area (TPSA) is 63.8 Å². The standard InChI is InChI=1S/C15H20N4/c1-3-5-13-10-15(19-16)18-14(17-13)9-12-7-4-6-11(2)8-12/h4,6-8,10H,3,5,9,16H2,1-2H3,(H,17,18,19). The number of aryl methyl sites for hydroxylation is 2. The van der Waals surface area contributed by atoms with Crippen LogP contribution in [0.2, 0.25) is 0 Å². The molecule has 100 valence electrons. The van der Waals surface area contributed by atoms with Gasteiger partial charge in [-0.3, -0.25) is 0 Å². The van der Waals surface area contributed by atoms with Crippen LogP contribution in [0.15, 0.2) is 30.3 Å². The maximum Gasteiger partial charge on any atom is 0.143 e. The Bertz CT molecular complexity index is 552. The number of hydrazine groups is 1. The van der Waals surface area contributed by atoms with Gasteiger partial charge in [-0.2, -0.15) is 0 Å². The van der Waals surface area contributed by atoms with Gasteiger partial charge in [0.2, 0.25) is 0 Å². The maximum atomic E-state index is 5.46. The van der Waals surface area contributed by atoms with E-state index in [1.807, 2.05) is 6.07 Å². The molecule has 0 atom stereocenters. The Kier molecular flexibility index (Phi) is 4.47. The summed E-state index contributed by atoms with van der Waals surface area (Å²) in [6, 6.07) is 10.3. The minimum Gasteiger partial charge on any atom is -0.308 e. The highest BCUT2D eigenvalue weighted by Crippen LogP contribution is 2.12. The van der Waals surface area contributed by atoms with Crippen LogP contribution in [0.1, 0.15) is 36.0 Å². The zero-order valence-electron chi connectivity index (χ0n) is 11.5. The zero-order chi connectivity index (χ0) is 13.7. The molecule has 4 heteroatoms. The van der Waals surface area contributed by atoms with Crippen molar-refractivity contribution in [3.8, 4) is 0 Å². The van der Waals surface area contributed by atoms with E-state index >= 15 is 0 Å². The van der Waals surface area contributed by atoms with E-state index in [4.69, 9.17) is 5.84 Å². The smallest absolute Gasteiger partial charge is 0.143 e. The van der Waals surface area contributed by atoms with Gasteiger partial charge in [0.1, 0.15) is 11.6 Å². The van der Waals surface area contributed by atoms with Crippen LogP contribution >= 0.6 is 0 Å². The molecule has 19 heavy (non-hydrogen) atoms. The Hall–Kier alpha value is -1.94. The molecule has 0 unspecified atom stereocenters. The molecule has 0 aliphatic rings. The first kappa shape index (κ1) is 13.5. The Balaban J connectivity index is 2.26. The average molecular weight is 256 g/mol. The number of nitrogens with one attached hydrogen (secondary N) is 1. The number of nitrogen functional groups attached to an aromatic ring is 1. The number of hydrogen-bond acceptors (Lipinski definition) is 4. The van der Waals surface area contributed by atoms with Crippen molar-refractivity contribution >= 4 is 5.82 Å². The number of aromatic nitrogens is 2. The third-order valence-electron chi connectivity index (χ3n) is 2.92. The van der Waals surface area contributed by atoms with E-state index < -0.39 is 0 Å². The lowest BCUT2D eigenvalue weighted by Crippen LogP contribution is -2.12. The fraction of sp³-hybridized carbons (Fsp3) is 0.333. The van der Waals surface area contributed by atoms with Gasteiger partial charge in [0.25, 0.3) is 0 Å². The lowest BCUT2D eigenvalue weighted by molar-refractivity contribution is 0.841. The van der Waals surface area contributed by atoms with Gasteiger partial charge in [0.05, 0.1) is 0 Å². The van der Waals surface area contributed by atoms with Gasteiger partial charge in [0, 0.05) is 18.2 Å². The van der Waals surface area contributed by atoms with Crippen LogP contribution in [-0.2, 0) is 12.8 Å². The van der Waals surface area contributed by atoms with Gasteiger partial charge in [-0.25, -0.2) is 15.8 Å². The molecule has 0 amide bonds. The molecule has 1 aromatic carbocycles. The molecule has 2 aromatic rings. The van der Waals surface area contributed by atoms with Crippen molar-refractivity contribution in [2.24, 2.45) is 5.84 Å². The first-order valence-electron chi connectivity index (χ1n) is 6.60. The lowest BCUT2D eigenvalue weighted by atomic mass is 10.1. The SMILES string of the molecule is CCCc1cc(NN)nc(Cc2cccc(C)c2)n1. The van der Waals surface area contributed by atoms with Crippen molar-refractivity contribution < 1.29 is 0 Å². The monoisotopic (exact) mass is 256 g/mol. The molecule has 0 radical (unpaired) electrons. The molecular formula is C15H20N4. The molecule has 0 spiro atoms. The maximum absolute atomic E-state index is 5.46. The first-order chi connectivity index (χ1) is 9.21. The summed E-state index contributed by atoms with van der Waals surface area (Å²) in [5.41, 5.74) is 6.12. The van der Waals surface area contributed by atoms with Gasteiger partial charge in [-0.15, -0.1) is 0 Å². The van der Waals surface area contributed by atoms with E-state index in [1.165, 1.54) is 11.1 Å². The Morgan fingerprint density at radius 2 is 2.05 bits per heavy atom. The van der Waals surface area contributed by atoms with Crippen LogP contribution in [0, 0.1) is 6.92 Å². The van der Waals surface area contributed by atoms with Crippen molar-refractivity contribution in [3.63, 3.8) is 0 Å². The Morgan fingerprint density at radius 3 is 2.74 bits per heavy atom. The second kappa shape index (κ2) is 6.29. The summed E-state index contributed by atoms with van der Waals surface area (Å²) in [7, 11) is 0. The average Bonchev–Trinajstić information content (AvgIpc) is 2.39. The summed E-state index contributed by atoms with van der Waals surface area (Å²) >= 11 is 0. The summed E-state index contributed by atoms with van der Waals surface area (Å²) in [4.78, 5) is 9.00. The highest BCUT2D eigenvalue weighted by molar-refractivity contribution is 5.35. The summed E-state index contributed by atoms with van der Waals surface area (Å²) in [5.74, 6) is 6.95. The van der Waals surface area contributed by atoms with Crippen molar-refractivity contribution in [3.05, 3.63) is 53.0 Å². The second-order valence-corrected chi connectivity index (χ2v) is 4.72. The van der Waals surface area contributed by atoms with Gasteiger partial charge < -0.3 is 5.43 Å². The predicted octanol–water partition coefficient (Wildman–Crippen LogP) is 2.61. The van der Waals surface area contributed by atoms with Gasteiger partial charge in [0.15, 0.2) is 0 Å². The fourth-order valence-electron chi connectivity index (χ4n) is 2.09. The number of nitrogens with zero attached hydrogens (tertiary/aromatic N) is 2. The Labute approximate surface area is 114 Å². The summed E-state index contributed by atoms with van der Waals surface area (Å²) in [5, 5.41) is 0. The number of nitrogens with two attached hydrogens (primary N) is 1. The van der Waals surface area contributed by atoms with Crippen LogP contribution in [0.25, 0.3) is 0 Å². The van der Waals surface area contributed by atoms with Crippen LogP contribution in [-0.4, -0.2) is 9.97 Å². The third kappa shape index (κ3) is 3.76. The van der Waals surface area contributed by atoms with E-state index in [1.54, 1.807) is 0 Å². The van der Waals surface area contributed by atoms with Crippen molar-refractivity contribution in [1.29, 1.82) is 0 Å². The molecule has 4 nitrogen and oxygen atoms in total. The van der Waals surface area contributed by atoms with Gasteiger partial charge in [-0.05, 0) is 18.9 Å². The molecule has 0 saturated carbocycles. The summed E-state index contributed by atoms with van der Waals surface area (Å²) in [6.07, 6.45) is 2.73. The quantitative estimate of drug-likeness (QED) is 0.637. The zero-order valence-corrected chi connectivity index (χ0v) is 11.5. The molecule has 1 heterocycles. The minimum absolute atomic E-state index is 0.682. The fourth-order valence-corrected chi connectivity index (χ4v) is 2.09. The minimum atomic E-state index is 0.682. The lowest BCUT2D eigenvalue weighted by Gasteiger charge is -2.07. The molecule has 0 aliphatic carbocycles. The largest absolute Gasteiger partial charge is 0.308 e. The van der Waals surface area contributed by atoms with Crippen molar-refractivity contribution in [2.45, 2.75) is 33.1 Å². The van der Waals surface area contributed by atoms with E-state index in [2.05, 4.69) is 53.5 Å². The first-order valence-corrected chi connectivity index (χ1v) is 6.60. The van der Waals surface area contributed by atoms with Crippen molar-refractivity contribution in [2.75, 3.05) is 5.43 Å². The van der Waals surface area contributed by atoms with E-state index in [0.717, 1.165) is 30.8 Å². The van der Waals surface area contributed by atoms with Crippen LogP contribution < -0.4 is 11.3 Å². The number of rotatable bonds is 5. The molecule has 0 bridgehead atoms. The van der Waals surface area contributed by atoms with E-state index in [-0.39, 0.29) is 0 Å². The highest BCUT2D eigenvalue weighted by atomic mass is 15.3. The normalized spacial score (nSPS) is 10.5. The van der Waals surface area contributed by atoms with Gasteiger partial charge >= 0.3 is 0 Å². The molecule has 0 saturated heterocycles. The van der Waals surface area contributed by atoms with Crippen molar-refractivity contribution in [1.82, 2.24) is 9.97 Å².